The predicted octanol–water partition coefficient (Wildman–Crippen LogP) is 0.714. The molecule has 8 nitrogen and oxygen atoms in total. The molecule has 3 aromatic rings. The lowest BCUT2D eigenvalue weighted by atomic mass is 10.2. The lowest BCUT2D eigenvalue weighted by Gasteiger charge is -2.14. The third-order valence-electron chi connectivity index (χ3n) is 4.26. The Kier molecular flexibility index (Phi) is 3.64. The molecule has 1 atom stereocenters. The number of aromatic nitrogens is 5. The lowest BCUT2D eigenvalue weighted by molar-refractivity contribution is -0.124. The van der Waals surface area contributed by atoms with Gasteiger partial charge in [0.25, 0.3) is 5.56 Å². The quantitative estimate of drug-likeness (QED) is 0.752. The van der Waals surface area contributed by atoms with Crippen LogP contribution in [0.15, 0.2) is 22.6 Å². The Hall–Kier alpha value is -2.55. The topological polar surface area (TPSA) is 94.2 Å². The summed E-state index contributed by atoms with van der Waals surface area (Å²) < 4.78 is 2.97. The second-order valence-corrected chi connectivity index (χ2v) is 6.66. The van der Waals surface area contributed by atoms with Crippen molar-refractivity contribution in [3.8, 4) is 0 Å². The van der Waals surface area contributed by atoms with Crippen molar-refractivity contribution in [2.45, 2.75) is 38.8 Å². The van der Waals surface area contributed by atoms with Gasteiger partial charge >= 0.3 is 0 Å². The summed E-state index contributed by atoms with van der Waals surface area (Å²) in [7, 11) is 0. The minimum Gasteiger partial charge on any atom is -0.349 e. The van der Waals surface area contributed by atoms with Gasteiger partial charge in [-0.3, -0.25) is 9.59 Å². The smallest absolute Gasteiger partial charge is 0.267 e. The van der Waals surface area contributed by atoms with Crippen LogP contribution in [0.5, 0.6) is 0 Å². The summed E-state index contributed by atoms with van der Waals surface area (Å²) in [4.78, 5) is 29.5. The first-order valence-corrected chi connectivity index (χ1v) is 8.67. The number of nitrogens with one attached hydrogen (secondary N) is 1. The molecule has 9 heteroatoms. The van der Waals surface area contributed by atoms with Crippen LogP contribution < -0.4 is 10.9 Å². The Morgan fingerprint density at radius 1 is 1.46 bits per heavy atom. The number of carbonyl (C=O) groups excluding carboxylic acids is 1. The van der Waals surface area contributed by atoms with E-state index in [2.05, 4.69) is 20.5 Å². The fraction of sp³-hybridized carbons (Fsp3) is 0.400. The summed E-state index contributed by atoms with van der Waals surface area (Å²) in [6.07, 6.45) is 4.25. The fourth-order valence-electron chi connectivity index (χ4n) is 2.92. The average Bonchev–Trinajstić information content (AvgIpc) is 3.27. The number of hydrogen-bond acceptors (Lipinski definition) is 6. The van der Waals surface area contributed by atoms with Gasteiger partial charge in [-0.05, 0) is 31.7 Å². The summed E-state index contributed by atoms with van der Waals surface area (Å²) >= 11 is 1.46. The number of hydrogen-bond donors (Lipinski definition) is 1. The van der Waals surface area contributed by atoms with Crippen LogP contribution in [-0.4, -0.2) is 30.3 Å². The van der Waals surface area contributed by atoms with Crippen LogP contribution in [-0.2, 0) is 24.2 Å². The predicted molar refractivity (Wildman–Crippen MR) is 87.9 cm³/mol. The van der Waals surface area contributed by atoms with E-state index < -0.39 is 6.04 Å². The van der Waals surface area contributed by atoms with Gasteiger partial charge in [0.05, 0.1) is 17.9 Å². The van der Waals surface area contributed by atoms with Gasteiger partial charge in [0.15, 0.2) is 0 Å². The third-order valence-corrected chi connectivity index (χ3v) is 5.14. The molecule has 1 aliphatic carbocycles. The van der Waals surface area contributed by atoms with Gasteiger partial charge in [-0.2, -0.15) is 10.2 Å². The van der Waals surface area contributed by atoms with Gasteiger partial charge in [-0.25, -0.2) is 14.2 Å². The summed E-state index contributed by atoms with van der Waals surface area (Å²) in [5.74, 6) is -0.248. The van der Waals surface area contributed by atoms with Crippen LogP contribution in [0.3, 0.4) is 0 Å². The molecule has 0 unspecified atom stereocenters. The molecule has 4 rings (SSSR count). The SMILES string of the molecule is C[C@@H](C(=O)NCc1csc2ncnn12)n1nc2c(cc1=O)CCC2. The summed E-state index contributed by atoms with van der Waals surface area (Å²) in [5.41, 5.74) is 2.56. The van der Waals surface area contributed by atoms with E-state index in [0.717, 1.165) is 41.2 Å². The molecular weight excluding hydrogens is 328 g/mol. The second-order valence-electron chi connectivity index (χ2n) is 5.83. The highest BCUT2D eigenvalue weighted by molar-refractivity contribution is 7.15. The number of nitrogens with zero attached hydrogens (tertiary/aromatic N) is 5. The fourth-order valence-corrected chi connectivity index (χ4v) is 3.72. The third kappa shape index (κ3) is 2.50. The van der Waals surface area contributed by atoms with Crippen molar-refractivity contribution in [1.82, 2.24) is 29.7 Å². The zero-order chi connectivity index (χ0) is 16.7. The molecule has 0 bridgehead atoms. The number of rotatable bonds is 4. The normalized spacial score (nSPS) is 14.7. The number of carbonyl (C=O) groups is 1. The van der Waals surface area contributed by atoms with Crippen LogP contribution in [0, 0.1) is 0 Å². The molecule has 24 heavy (non-hydrogen) atoms. The lowest BCUT2D eigenvalue weighted by Crippen LogP contribution is -2.37. The Morgan fingerprint density at radius 2 is 2.33 bits per heavy atom. The van der Waals surface area contributed by atoms with Gasteiger partial charge in [0.1, 0.15) is 12.4 Å². The van der Waals surface area contributed by atoms with Gasteiger partial charge in [-0.1, -0.05) is 0 Å². The molecule has 0 radical (unpaired) electrons. The van der Waals surface area contributed by atoms with Crippen LogP contribution in [0.1, 0.15) is 36.3 Å². The minimum absolute atomic E-state index is 0.229. The Bertz CT molecular complexity index is 972. The maximum absolute atomic E-state index is 12.4. The number of fused-ring (bicyclic) bond motifs is 2. The van der Waals surface area contributed by atoms with Crippen LogP contribution >= 0.6 is 11.3 Å². The van der Waals surface area contributed by atoms with E-state index in [-0.39, 0.29) is 11.5 Å². The van der Waals surface area contributed by atoms with E-state index >= 15 is 0 Å². The van der Waals surface area contributed by atoms with Crippen molar-refractivity contribution < 1.29 is 4.79 Å². The van der Waals surface area contributed by atoms with E-state index in [1.165, 1.54) is 22.3 Å². The molecule has 0 saturated heterocycles. The number of amides is 1. The standard InChI is InChI=1S/C15H16N6O2S/c1-9(20-13(22)5-10-3-2-4-12(10)19-20)14(23)16-6-11-7-24-15-17-8-18-21(11)15/h5,7-9H,2-4,6H2,1H3,(H,16,23)/t9-/m0/s1. The molecule has 3 heterocycles. The van der Waals surface area contributed by atoms with Gasteiger partial charge in [-0.15, -0.1) is 11.3 Å². The van der Waals surface area contributed by atoms with E-state index in [4.69, 9.17) is 0 Å². The first-order chi connectivity index (χ1) is 11.6. The molecule has 1 amide bonds. The average molecular weight is 344 g/mol. The monoisotopic (exact) mass is 344 g/mol. The van der Waals surface area contributed by atoms with Crippen molar-refractivity contribution in [1.29, 1.82) is 0 Å². The first-order valence-electron chi connectivity index (χ1n) is 7.79. The molecule has 0 saturated carbocycles. The van der Waals surface area contributed by atoms with E-state index in [0.29, 0.717) is 6.54 Å². The molecule has 124 valence electrons. The van der Waals surface area contributed by atoms with Gasteiger partial charge in [0, 0.05) is 11.4 Å². The van der Waals surface area contributed by atoms with Crippen molar-refractivity contribution in [3.63, 3.8) is 0 Å². The summed E-state index contributed by atoms with van der Waals surface area (Å²) in [5, 5.41) is 13.2. The van der Waals surface area contributed by atoms with Crippen LogP contribution in [0.4, 0.5) is 0 Å². The van der Waals surface area contributed by atoms with Crippen molar-refractivity contribution in [3.05, 3.63) is 45.1 Å². The number of aryl methyl sites for hydroxylation is 2. The molecule has 1 N–H and O–H groups in total. The van der Waals surface area contributed by atoms with Crippen molar-refractivity contribution >= 4 is 22.2 Å². The first kappa shape index (κ1) is 15.0. The minimum atomic E-state index is -0.659. The highest BCUT2D eigenvalue weighted by Crippen LogP contribution is 2.18. The van der Waals surface area contributed by atoms with E-state index in [1.807, 2.05) is 5.38 Å². The molecule has 0 spiro atoms. The second kappa shape index (κ2) is 5.82. The molecule has 0 aliphatic heterocycles. The molecular formula is C15H16N6O2S. The number of thiazole rings is 1. The Labute approximate surface area is 141 Å². The van der Waals surface area contributed by atoms with Gasteiger partial charge < -0.3 is 5.32 Å². The van der Waals surface area contributed by atoms with Crippen molar-refractivity contribution in [2.75, 3.05) is 0 Å². The van der Waals surface area contributed by atoms with E-state index in [1.54, 1.807) is 17.5 Å². The zero-order valence-corrected chi connectivity index (χ0v) is 13.9. The highest BCUT2D eigenvalue weighted by atomic mass is 32.1. The van der Waals surface area contributed by atoms with Crippen LogP contribution in [0.2, 0.25) is 0 Å². The van der Waals surface area contributed by atoms with E-state index in [9.17, 15) is 9.59 Å². The summed E-state index contributed by atoms with van der Waals surface area (Å²) in [6, 6.07) is 0.949. The molecule has 0 aromatic carbocycles. The van der Waals surface area contributed by atoms with Gasteiger partial charge in [0.2, 0.25) is 10.9 Å². The Morgan fingerprint density at radius 3 is 3.21 bits per heavy atom. The van der Waals surface area contributed by atoms with Crippen molar-refractivity contribution in [2.24, 2.45) is 0 Å². The maximum Gasteiger partial charge on any atom is 0.267 e. The highest BCUT2D eigenvalue weighted by Gasteiger charge is 2.21. The maximum atomic E-state index is 12.4. The zero-order valence-electron chi connectivity index (χ0n) is 13.1. The molecule has 0 fully saturated rings. The molecule has 3 aromatic heterocycles. The summed E-state index contributed by atoms with van der Waals surface area (Å²) in [6.45, 7) is 2.01. The largest absolute Gasteiger partial charge is 0.349 e. The Balaban J connectivity index is 1.50. The molecule has 1 aliphatic rings. The van der Waals surface area contributed by atoms with Crippen LogP contribution in [0.25, 0.3) is 4.96 Å².